The summed E-state index contributed by atoms with van der Waals surface area (Å²) in [7, 11) is 0. The van der Waals surface area contributed by atoms with Crippen molar-refractivity contribution < 1.29 is 4.39 Å². The smallest absolute Gasteiger partial charge is 0.151 e. The van der Waals surface area contributed by atoms with Crippen molar-refractivity contribution in [3.63, 3.8) is 0 Å². The van der Waals surface area contributed by atoms with Gasteiger partial charge in [-0.25, -0.2) is 9.37 Å². The van der Waals surface area contributed by atoms with E-state index in [1.54, 1.807) is 12.3 Å². The van der Waals surface area contributed by atoms with Gasteiger partial charge in [0.1, 0.15) is 5.01 Å². The number of pyridine rings is 1. The van der Waals surface area contributed by atoms with Gasteiger partial charge in [0.05, 0.1) is 16.4 Å². The maximum atomic E-state index is 13.6. The molecule has 2 aromatic heterocycles. The lowest BCUT2D eigenvalue weighted by Gasteiger charge is -1.95. The van der Waals surface area contributed by atoms with E-state index in [-0.39, 0.29) is 5.82 Å². The molecule has 0 saturated carbocycles. The summed E-state index contributed by atoms with van der Waals surface area (Å²) >= 11 is 1.49. The Morgan fingerprint density at radius 2 is 2.12 bits per heavy atom. The zero-order chi connectivity index (χ0) is 11.8. The fraction of sp³-hybridized carbons (Fsp3) is 0.0769. The first-order chi connectivity index (χ1) is 8.24. The summed E-state index contributed by atoms with van der Waals surface area (Å²) in [4.78, 5) is 8.20. The molecular weight excluding hydrogens is 235 g/mol. The molecule has 1 aromatic carbocycles. The number of aromatic nitrogens is 2. The molecule has 0 spiro atoms. The van der Waals surface area contributed by atoms with E-state index in [4.69, 9.17) is 0 Å². The number of rotatable bonds is 1. The second-order valence-electron chi connectivity index (χ2n) is 3.85. The van der Waals surface area contributed by atoms with Gasteiger partial charge in [-0.15, -0.1) is 11.3 Å². The predicted octanol–water partition coefficient (Wildman–Crippen LogP) is 3.81. The molecule has 2 nitrogen and oxygen atoms in total. The first-order valence-corrected chi connectivity index (χ1v) is 6.03. The summed E-state index contributed by atoms with van der Waals surface area (Å²) < 4.78 is 14.7. The van der Waals surface area contributed by atoms with Crippen LogP contribution in [0.5, 0.6) is 0 Å². The van der Waals surface area contributed by atoms with Gasteiger partial charge in [-0.3, -0.25) is 4.98 Å². The molecule has 0 radical (unpaired) electrons. The van der Waals surface area contributed by atoms with Crippen LogP contribution in [0.2, 0.25) is 0 Å². The van der Waals surface area contributed by atoms with Gasteiger partial charge in [-0.2, -0.15) is 0 Å². The van der Waals surface area contributed by atoms with Crippen LogP contribution in [0.3, 0.4) is 0 Å². The molecule has 3 aromatic rings. The molecule has 0 atom stereocenters. The van der Waals surface area contributed by atoms with E-state index < -0.39 is 0 Å². The molecule has 0 unspecified atom stereocenters. The van der Waals surface area contributed by atoms with Crippen molar-refractivity contribution in [3.8, 4) is 10.6 Å². The van der Waals surface area contributed by atoms with Crippen LogP contribution in [-0.2, 0) is 0 Å². The second kappa shape index (κ2) is 3.89. The summed E-state index contributed by atoms with van der Waals surface area (Å²) in [5, 5.41) is 0.700. The highest BCUT2D eigenvalue weighted by Crippen LogP contribution is 2.31. The number of benzene rings is 1. The quantitative estimate of drug-likeness (QED) is 0.650. The van der Waals surface area contributed by atoms with E-state index in [9.17, 15) is 4.39 Å². The fourth-order valence-corrected chi connectivity index (χ4v) is 2.67. The van der Waals surface area contributed by atoms with Gasteiger partial charge in [-0.05, 0) is 30.7 Å². The van der Waals surface area contributed by atoms with Crippen LogP contribution >= 0.6 is 11.3 Å². The molecule has 84 valence electrons. The Bertz CT molecular complexity index is 691. The number of halogens is 1. The van der Waals surface area contributed by atoms with Crippen molar-refractivity contribution in [2.75, 3.05) is 0 Å². The van der Waals surface area contributed by atoms with Gasteiger partial charge < -0.3 is 0 Å². The molecular formula is C13H9FN2S. The minimum atomic E-state index is -0.330. The summed E-state index contributed by atoms with van der Waals surface area (Å²) in [5.41, 5.74) is 2.59. The van der Waals surface area contributed by atoms with Crippen molar-refractivity contribution in [1.82, 2.24) is 9.97 Å². The summed E-state index contributed by atoms with van der Waals surface area (Å²) in [6.07, 6.45) is 2.79. The topological polar surface area (TPSA) is 25.8 Å². The zero-order valence-electron chi connectivity index (χ0n) is 9.14. The number of aryl methyl sites for hydroxylation is 1. The van der Waals surface area contributed by atoms with Gasteiger partial charge in [-0.1, -0.05) is 6.07 Å². The Balaban J connectivity index is 2.22. The molecule has 0 bridgehead atoms. The monoisotopic (exact) mass is 244 g/mol. The van der Waals surface area contributed by atoms with Gasteiger partial charge in [0.15, 0.2) is 5.82 Å². The SMILES string of the molecule is Cc1ccc2sc(-c3ccncc3F)nc2c1. The van der Waals surface area contributed by atoms with E-state index in [2.05, 4.69) is 9.97 Å². The molecule has 0 amide bonds. The largest absolute Gasteiger partial charge is 0.262 e. The fourth-order valence-electron chi connectivity index (χ4n) is 1.70. The van der Waals surface area contributed by atoms with Crippen LogP contribution < -0.4 is 0 Å². The Labute approximate surface area is 102 Å². The zero-order valence-corrected chi connectivity index (χ0v) is 9.96. The Morgan fingerprint density at radius 3 is 2.94 bits per heavy atom. The van der Waals surface area contributed by atoms with E-state index in [0.29, 0.717) is 10.6 Å². The van der Waals surface area contributed by atoms with Crippen molar-refractivity contribution >= 4 is 21.6 Å². The molecule has 0 fully saturated rings. The molecule has 3 rings (SSSR count). The molecule has 17 heavy (non-hydrogen) atoms. The van der Waals surface area contributed by atoms with Crippen LogP contribution in [-0.4, -0.2) is 9.97 Å². The normalized spacial score (nSPS) is 10.9. The number of nitrogens with zero attached hydrogens (tertiary/aromatic N) is 2. The van der Waals surface area contributed by atoms with E-state index in [1.807, 2.05) is 25.1 Å². The summed E-state index contributed by atoms with van der Waals surface area (Å²) in [6.45, 7) is 2.02. The Hall–Kier alpha value is -1.81. The average Bonchev–Trinajstić information content (AvgIpc) is 2.72. The molecule has 4 heteroatoms. The van der Waals surface area contributed by atoms with Crippen LogP contribution in [0.1, 0.15) is 5.56 Å². The summed E-state index contributed by atoms with van der Waals surface area (Å²) in [5.74, 6) is -0.330. The maximum absolute atomic E-state index is 13.6. The lowest BCUT2D eigenvalue weighted by molar-refractivity contribution is 0.625. The molecule has 0 aliphatic carbocycles. The van der Waals surface area contributed by atoms with E-state index in [1.165, 1.54) is 17.5 Å². The highest BCUT2D eigenvalue weighted by molar-refractivity contribution is 7.21. The molecule has 0 aliphatic heterocycles. The second-order valence-corrected chi connectivity index (χ2v) is 4.88. The number of thiazole rings is 1. The minimum absolute atomic E-state index is 0.330. The molecule has 2 heterocycles. The number of fused-ring (bicyclic) bond motifs is 1. The predicted molar refractivity (Wildman–Crippen MR) is 67.5 cm³/mol. The minimum Gasteiger partial charge on any atom is -0.262 e. The van der Waals surface area contributed by atoms with E-state index >= 15 is 0 Å². The molecule has 0 aliphatic rings. The highest BCUT2D eigenvalue weighted by Gasteiger charge is 2.10. The Kier molecular flexibility index (Phi) is 2.37. The van der Waals surface area contributed by atoms with Gasteiger partial charge >= 0.3 is 0 Å². The van der Waals surface area contributed by atoms with E-state index in [0.717, 1.165) is 15.8 Å². The summed E-state index contributed by atoms with van der Waals surface area (Å²) in [6, 6.07) is 7.71. The van der Waals surface area contributed by atoms with Crippen LogP contribution in [0, 0.1) is 12.7 Å². The highest BCUT2D eigenvalue weighted by atomic mass is 32.1. The average molecular weight is 244 g/mol. The van der Waals surface area contributed by atoms with Gasteiger partial charge in [0, 0.05) is 11.8 Å². The van der Waals surface area contributed by atoms with Crippen molar-refractivity contribution in [1.29, 1.82) is 0 Å². The van der Waals surface area contributed by atoms with Crippen molar-refractivity contribution in [3.05, 3.63) is 48.0 Å². The first kappa shape index (κ1) is 10.4. The van der Waals surface area contributed by atoms with Gasteiger partial charge in [0.2, 0.25) is 0 Å². The first-order valence-electron chi connectivity index (χ1n) is 5.21. The maximum Gasteiger partial charge on any atom is 0.151 e. The molecule has 0 saturated heterocycles. The molecule has 0 N–H and O–H groups in total. The third-order valence-corrected chi connectivity index (χ3v) is 3.62. The Morgan fingerprint density at radius 1 is 1.24 bits per heavy atom. The number of hydrogen-bond donors (Lipinski definition) is 0. The third kappa shape index (κ3) is 1.80. The van der Waals surface area contributed by atoms with Crippen molar-refractivity contribution in [2.24, 2.45) is 0 Å². The van der Waals surface area contributed by atoms with Crippen LogP contribution in [0.4, 0.5) is 4.39 Å². The lowest BCUT2D eigenvalue weighted by Crippen LogP contribution is -1.84. The van der Waals surface area contributed by atoms with Crippen LogP contribution in [0.15, 0.2) is 36.7 Å². The number of hydrogen-bond acceptors (Lipinski definition) is 3. The lowest BCUT2D eigenvalue weighted by atomic mass is 10.2. The van der Waals surface area contributed by atoms with Crippen molar-refractivity contribution in [2.45, 2.75) is 6.92 Å². The van der Waals surface area contributed by atoms with Gasteiger partial charge in [0.25, 0.3) is 0 Å². The standard InChI is InChI=1S/C13H9FN2S/c1-8-2-3-12-11(6-8)16-13(17-12)9-4-5-15-7-10(9)14/h2-7H,1H3. The van der Waals surface area contributed by atoms with Crippen LogP contribution in [0.25, 0.3) is 20.8 Å². The third-order valence-electron chi connectivity index (χ3n) is 2.55.